The second-order valence-corrected chi connectivity index (χ2v) is 9.57. The molecule has 0 aliphatic heterocycles. The number of benzene rings is 2. The molecule has 0 bridgehead atoms. The van der Waals surface area contributed by atoms with Crippen molar-refractivity contribution in [2.45, 2.75) is 16.6 Å². The molecule has 5 aromatic rings. The van der Waals surface area contributed by atoms with Gasteiger partial charge in [-0.15, -0.1) is 23.1 Å². The van der Waals surface area contributed by atoms with Crippen molar-refractivity contribution in [1.82, 2.24) is 9.55 Å². The molecule has 0 spiro atoms. The van der Waals surface area contributed by atoms with E-state index < -0.39 is 0 Å². The molecule has 2 aromatic carbocycles. The lowest BCUT2D eigenvalue weighted by Gasteiger charge is -2.08. The van der Waals surface area contributed by atoms with Crippen molar-refractivity contribution in [3.05, 3.63) is 95.6 Å². The van der Waals surface area contributed by atoms with Crippen LogP contribution in [0.2, 0.25) is 0 Å². The maximum Gasteiger partial charge on any atom is 0.291 e. The van der Waals surface area contributed by atoms with Gasteiger partial charge in [-0.25, -0.2) is 4.98 Å². The number of amides is 1. The summed E-state index contributed by atoms with van der Waals surface area (Å²) in [6.07, 6.45) is 3.62. The normalized spacial score (nSPS) is 11.1. The minimum atomic E-state index is -0.269. The number of imidazole rings is 1. The number of anilines is 1. The second-order valence-electron chi connectivity index (χ2n) is 7.35. The number of thioether (sulfide) groups is 1. The van der Waals surface area contributed by atoms with Crippen molar-refractivity contribution in [1.29, 1.82) is 0 Å². The van der Waals surface area contributed by atoms with E-state index in [1.54, 1.807) is 29.3 Å². The van der Waals surface area contributed by atoms with E-state index >= 15 is 0 Å². The molecule has 0 aliphatic carbocycles. The Balaban J connectivity index is 1.30. The van der Waals surface area contributed by atoms with Gasteiger partial charge in [-0.3, -0.25) is 4.79 Å². The van der Waals surface area contributed by atoms with E-state index in [0.717, 1.165) is 16.8 Å². The summed E-state index contributed by atoms with van der Waals surface area (Å²) in [7, 11) is 1.93. The van der Waals surface area contributed by atoms with Crippen molar-refractivity contribution in [2.24, 2.45) is 7.05 Å². The minimum absolute atomic E-state index is 0.269. The Hall–Kier alpha value is -3.49. The lowest BCUT2D eigenvalue weighted by atomic mass is 10.1. The van der Waals surface area contributed by atoms with Crippen molar-refractivity contribution >= 4 is 45.7 Å². The van der Waals surface area contributed by atoms with E-state index in [9.17, 15) is 4.79 Å². The Morgan fingerprint density at radius 2 is 2.00 bits per heavy atom. The standard InChI is InChI=1S/C25H21N3O3S2/c1-28-13-12-26-22(28)15-30-18-10-8-17(9-11-18)27-25(29)24-20(16-33-23-7-4-14-32-23)19-5-2-3-6-21(19)31-24/h2-14H,15-16H2,1H3,(H,27,29). The van der Waals surface area contributed by atoms with Crippen molar-refractivity contribution < 1.29 is 13.9 Å². The van der Waals surface area contributed by atoms with Crippen LogP contribution in [0, 0.1) is 0 Å². The Morgan fingerprint density at radius 3 is 2.76 bits per heavy atom. The van der Waals surface area contributed by atoms with Gasteiger partial charge < -0.3 is 19.0 Å². The van der Waals surface area contributed by atoms with Crippen LogP contribution in [0.5, 0.6) is 5.75 Å². The van der Waals surface area contributed by atoms with Crippen molar-refractivity contribution in [2.75, 3.05) is 5.32 Å². The highest BCUT2D eigenvalue weighted by atomic mass is 32.2. The number of hydrogen-bond donors (Lipinski definition) is 1. The zero-order valence-corrected chi connectivity index (χ0v) is 19.5. The highest BCUT2D eigenvalue weighted by Gasteiger charge is 2.21. The third-order valence-corrected chi connectivity index (χ3v) is 7.32. The average molecular weight is 476 g/mol. The molecule has 0 unspecified atom stereocenters. The van der Waals surface area contributed by atoms with E-state index in [0.29, 0.717) is 35.1 Å². The average Bonchev–Trinajstić information content (AvgIpc) is 3.57. The van der Waals surface area contributed by atoms with Crippen LogP contribution in [-0.2, 0) is 19.4 Å². The van der Waals surface area contributed by atoms with Crippen molar-refractivity contribution in [3.63, 3.8) is 0 Å². The molecule has 0 atom stereocenters. The third-order valence-electron chi connectivity index (χ3n) is 5.16. The zero-order chi connectivity index (χ0) is 22.6. The van der Waals surface area contributed by atoms with Gasteiger partial charge >= 0.3 is 0 Å². The maximum atomic E-state index is 13.1. The summed E-state index contributed by atoms with van der Waals surface area (Å²) in [5.41, 5.74) is 2.28. The first kappa shape index (κ1) is 21.4. The van der Waals surface area contributed by atoms with Gasteiger partial charge in [0.1, 0.15) is 23.8 Å². The molecule has 3 aromatic heterocycles. The number of nitrogens with zero attached hydrogens (tertiary/aromatic N) is 2. The van der Waals surface area contributed by atoms with E-state index in [-0.39, 0.29) is 5.91 Å². The van der Waals surface area contributed by atoms with Gasteiger partial charge in [-0.05, 0) is 41.8 Å². The van der Waals surface area contributed by atoms with Crippen LogP contribution in [0.1, 0.15) is 21.9 Å². The molecule has 0 fully saturated rings. The molecule has 3 heterocycles. The fourth-order valence-electron chi connectivity index (χ4n) is 3.42. The first-order valence-electron chi connectivity index (χ1n) is 10.3. The first-order valence-corrected chi connectivity index (χ1v) is 12.2. The fraction of sp³-hybridized carbons (Fsp3) is 0.120. The van der Waals surface area contributed by atoms with Crippen LogP contribution < -0.4 is 10.1 Å². The Labute approximate surface area is 199 Å². The predicted octanol–water partition coefficient (Wildman–Crippen LogP) is 6.35. The minimum Gasteiger partial charge on any atom is -0.486 e. The maximum absolute atomic E-state index is 13.1. The number of fused-ring (bicyclic) bond motifs is 1. The number of carbonyl (C=O) groups is 1. The van der Waals surface area contributed by atoms with Gasteiger partial charge in [0.25, 0.3) is 5.91 Å². The van der Waals surface area contributed by atoms with E-state index in [1.807, 2.05) is 77.8 Å². The number of nitrogens with one attached hydrogen (secondary N) is 1. The zero-order valence-electron chi connectivity index (χ0n) is 17.9. The summed E-state index contributed by atoms with van der Waals surface area (Å²) in [6.45, 7) is 0.374. The van der Waals surface area contributed by atoms with Gasteiger partial charge in [0, 0.05) is 41.8 Å². The number of hydrogen-bond acceptors (Lipinski definition) is 6. The topological polar surface area (TPSA) is 69.3 Å². The summed E-state index contributed by atoms with van der Waals surface area (Å²) in [5.74, 6) is 2.27. The van der Waals surface area contributed by atoms with Crippen molar-refractivity contribution in [3.8, 4) is 5.75 Å². The summed E-state index contributed by atoms with van der Waals surface area (Å²) in [4.78, 5) is 17.4. The highest BCUT2D eigenvalue weighted by molar-refractivity contribution is 8.00. The van der Waals surface area contributed by atoms with Crippen LogP contribution >= 0.6 is 23.1 Å². The summed E-state index contributed by atoms with van der Waals surface area (Å²) >= 11 is 3.39. The molecule has 0 radical (unpaired) electrons. The Morgan fingerprint density at radius 1 is 1.15 bits per heavy atom. The molecule has 33 heavy (non-hydrogen) atoms. The number of rotatable bonds is 8. The van der Waals surface area contributed by atoms with Gasteiger partial charge in [-0.1, -0.05) is 24.3 Å². The number of thiophene rings is 1. The molecule has 6 nitrogen and oxygen atoms in total. The van der Waals surface area contributed by atoms with Crippen LogP contribution in [0.3, 0.4) is 0 Å². The third kappa shape index (κ3) is 4.81. The van der Waals surface area contributed by atoms with E-state index in [2.05, 4.69) is 16.4 Å². The molecule has 166 valence electrons. The lowest BCUT2D eigenvalue weighted by molar-refractivity contribution is 0.0998. The number of ether oxygens (including phenoxy) is 1. The molecule has 0 saturated carbocycles. The predicted molar refractivity (Wildman–Crippen MR) is 132 cm³/mol. The Kier molecular flexibility index (Phi) is 6.19. The molecule has 5 rings (SSSR count). The van der Waals surface area contributed by atoms with Crippen LogP contribution in [0.4, 0.5) is 5.69 Å². The van der Waals surface area contributed by atoms with Crippen LogP contribution in [-0.4, -0.2) is 15.5 Å². The summed E-state index contributed by atoms with van der Waals surface area (Å²) in [6, 6.07) is 19.1. The number of furan rings is 1. The molecule has 1 amide bonds. The molecule has 0 saturated heterocycles. The Bertz CT molecular complexity index is 1370. The first-order chi connectivity index (χ1) is 16.2. The number of aryl methyl sites for hydroxylation is 1. The quantitative estimate of drug-likeness (QED) is 0.265. The monoisotopic (exact) mass is 475 g/mol. The lowest BCUT2D eigenvalue weighted by Crippen LogP contribution is -2.12. The molecular formula is C25H21N3O3S2. The van der Waals surface area contributed by atoms with Gasteiger partial charge in [0.2, 0.25) is 0 Å². The van der Waals surface area contributed by atoms with Gasteiger partial charge in [-0.2, -0.15) is 0 Å². The largest absolute Gasteiger partial charge is 0.486 e. The van der Waals surface area contributed by atoms with E-state index in [1.165, 1.54) is 4.21 Å². The summed E-state index contributed by atoms with van der Waals surface area (Å²) in [5, 5.41) is 5.96. The van der Waals surface area contributed by atoms with Gasteiger partial charge in [0.15, 0.2) is 5.76 Å². The van der Waals surface area contributed by atoms with Crippen LogP contribution in [0.15, 0.2) is 87.1 Å². The molecule has 0 aliphatic rings. The fourth-order valence-corrected chi connectivity index (χ4v) is 5.23. The SMILES string of the molecule is Cn1ccnc1COc1ccc(NC(=O)c2oc3ccccc3c2CSc2cccs2)cc1. The van der Waals surface area contributed by atoms with E-state index in [4.69, 9.17) is 9.15 Å². The number of carbonyl (C=O) groups excluding carboxylic acids is 1. The molecule has 8 heteroatoms. The molecular weight excluding hydrogens is 454 g/mol. The van der Waals surface area contributed by atoms with Gasteiger partial charge in [0.05, 0.1) is 4.21 Å². The summed E-state index contributed by atoms with van der Waals surface area (Å²) < 4.78 is 14.9. The molecule has 1 N–H and O–H groups in total. The van der Waals surface area contributed by atoms with Crippen LogP contribution in [0.25, 0.3) is 11.0 Å². The smallest absolute Gasteiger partial charge is 0.291 e. The number of aromatic nitrogens is 2. The number of para-hydroxylation sites is 1. The second kappa shape index (κ2) is 9.56. The highest BCUT2D eigenvalue weighted by Crippen LogP contribution is 2.34.